The van der Waals surface area contributed by atoms with E-state index >= 15 is 0 Å². The molecular weight excluding hydrogens is 286 g/mol. The van der Waals surface area contributed by atoms with E-state index in [1.807, 2.05) is 30.3 Å². The van der Waals surface area contributed by atoms with Gasteiger partial charge in [0.15, 0.2) is 0 Å². The number of nitrogens with one attached hydrogen (secondary N) is 1. The molecular formula is C16H25NO3S. The summed E-state index contributed by atoms with van der Waals surface area (Å²) in [5, 5.41) is 0. The molecule has 0 atom stereocenters. The molecule has 2 rings (SSSR count). The molecule has 0 unspecified atom stereocenters. The van der Waals surface area contributed by atoms with E-state index in [1.165, 1.54) is 19.3 Å². The largest absolute Gasteiger partial charge is 0.378 e. The number of hydrogen-bond donors (Lipinski definition) is 1. The number of hydrogen-bond acceptors (Lipinski definition) is 3. The lowest BCUT2D eigenvalue weighted by Crippen LogP contribution is -2.27. The Morgan fingerprint density at radius 3 is 2.52 bits per heavy atom. The summed E-state index contributed by atoms with van der Waals surface area (Å²) in [6.45, 7) is 1.08. The molecule has 1 aromatic rings. The van der Waals surface area contributed by atoms with Gasteiger partial charge in [0.2, 0.25) is 10.0 Å². The van der Waals surface area contributed by atoms with Crippen LogP contribution in [0.25, 0.3) is 0 Å². The van der Waals surface area contributed by atoms with Gasteiger partial charge in [-0.15, -0.1) is 0 Å². The fourth-order valence-corrected chi connectivity index (χ4v) is 3.82. The van der Waals surface area contributed by atoms with Gasteiger partial charge in [0.1, 0.15) is 0 Å². The van der Waals surface area contributed by atoms with E-state index in [0.29, 0.717) is 19.3 Å². The van der Waals surface area contributed by atoms with Crippen LogP contribution in [-0.2, 0) is 20.5 Å². The van der Waals surface area contributed by atoms with Crippen LogP contribution < -0.4 is 4.72 Å². The Labute approximate surface area is 127 Å². The van der Waals surface area contributed by atoms with Gasteiger partial charge in [-0.2, -0.15) is 0 Å². The fourth-order valence-electron chi connectivity index (χ4n) is 2.63. The van der Waals surface area contributed by atoms with Crippen molar-refractivity contribution >= 4 is 10.0 Å². The summed E-state index contributed by atoms with van der Waals surface area (Å²) in [6.07, 6.45) is 7.26. The molecule has 0 saturated heterocycles. The standard InChI is InChI=1S/C16H25NO3S/c18-21(19,14-15-8-3-1-4-9-15)17-12-7-13-20-16-10-5-2-6-11-16/h1,3-4,8-9,16-17H,2,5-7,10-14H2. The van der Waals surface area contributed by atoms with E-state index in [0.717, 1.165) is 24.8 Å². The molecule has 0 bridgehead atoms. The highest BCUT2D eigenvalue weighted by molar-refractivity contribution is 7.88. The summed E-state index contributed by atoms with van der Waals surface area (Å²) < 4.78 is 32.2. The topological polar surface area (TPSA) is 55.4 Å². The van der Waals surface area contributed by atoms with Crippen molar-refractivity contribution in [2.75, 3.05) is 13.2 Å². The van der Waals surface area contributed by atoms with Crippen LogP contribution in [0.5, 0.6) is 0 Å². The molecule has 1 saturated carbocycles. The Hall–Kier alpha value is -0.910. The molecule has 21 heavy (non-hydrogen) atoms. The van der Waals surface area contributed by atoms with Crippen molar-refractivity contribution in [2.45, 2.75) is 50.4 Å². The normalized spacial score (nSPS) is 17.0. The molecule has 118 valence electrons. The first-order chi connectivity index (χ1) is 10.2. The van der Waals surface area contributed by atoms with Crippen LogP contribution in [0.2, 0.25) is 0 Å². The molecule has 0 aromatic heterocycles. The minimum Gasteiger partial charge on any atom is -0.378 e. The highest BCUT2D eigenvalue weighted by Crippen LogP contribution is 2.20. The van der Waals surface area contributed by atoms with E-state index in [2.05, 4.69) is 4.72 Å². The summed E-state index contributed by atoms with van der Waals surface area (Å²) in [4.78, 5) is 0. The lowest BCUT2D eigenvalue weighted by Gasteiger charge is -2.21. The van der Waals surface area contributed by atoms with Gasteiger partial charge in [0.25, 0.3) is 0 Å². The van der Waals surface area contributed by atoms with Crippen LogP contribution in [0, 0.1) is 0 Å². The third-order valence-corrected chi connectivity index (χ3v) is 5.11. The third-order valence-electron chi connectivity index (χ3n) is 3.75. The Morgan fingerprint density at radius 1 is 1.10 bits per heavy atom. The monoisotopic (exact) mass is 311 g/mol. The molecule has 1 aliphatic carbocycles. The smallest absolute Gasteiger partial charge is 0.215 e. The molecule has 4 nitrogen and oxygen atoms in total. The SMILES string of the molecule is O=S(=O)(Cc1ccccc1)NCCCOC1CCCCC1. The Balaban J connectivity index is 1.61. The van der Waals surface area contributed by atoms with E-state index in [-0.39, 0.29) is 5.75 Å². The van der Waals surface area contributed by atoms with Gasteiger partial charge >= 0.3 is 0 Å². The second-order valence-corrected chi connectivity index (χ2v) is 7.43. The fraction of sp³-hybridized carbons (Fsp3) is 0.625. The van der Waals surface area contributed by atoms with Crippen LogP contribution in [0.15, 0.2) is 30.3 Å². The maximum absolute atomic E-state index is 11.9. The summed E-state index contributed by atoms with van der Waals surface area (Å²) in [5.74, 6) is 0.0390. The van der Waals surface area contributed by atoms with E-state index < -0.39 is 10.0 Å². The molecule has 1 fully saturated rings. The predicted molar refractivity (Wildman–Crippen MR) is 84.5 cm³/mol. The van der Waals surface area contributed by atoms with Crippen molar-refractivity contribution < 1.29 is 13.2 Å². The molecule has 1 N–H and O–H groups in total. The van der Waals surface area contributed by atoms with Crippen LogP contribution in [0.1, 0.15) is 44.1 Å². The van der Waals surface area contributed by atoms with Crippen molar-refractivity contribution in [1.29, 1.82) is 0 Å². The molecule has 0 aliphatic heterocycles. The zero-order valence-electron chi connectivity index (χ0n) is 12.5. The first-order valence-corrected chi connectivity index (χ1v) is 9.44. The average Bonchev–Trinajstić information content (AvgIpc) is 2.48. The Morgan fingerprint density at radius 2 is 1.81 bits per heavy atom. The lowest BCUT2D eigenvalue weighted by molar-refractivity contribution is 0.0278. The van der Waals surface area contributed by atoms with Gasteiger partial charge in [-0.1, -0.05) is 49.6 Å². The van der Waals surface area contributed by atoms with Crippen molar-refractivity contribution in [3.05, 3.63) is 35.9 Å². The quantitative estimate of drug-likeness (QED) is 0.751. The van der Waals surface area contributed by atoms with E-state index in [9.17, 15) is 8.42 Å². The van der Waals surface area contributed by atoms with Crippen molar-refractivity contribution in [1.82, 2.24) is 4.72 Å². The first kappa shape index (κ1) is 16.5. The van der Waals surface area contributed by atoms with Crippen LogP contribution in [0.3, 0.4) is 0 Å². The molecule has 0 radical (unpaired) electrons. The highest BCUT2D eigenvalue weighted by Gasteiger charge is 2.14. The molecule has 0 heterocycles. The molecule has 1 aliphatic rings. The molecule has 0 amide bonds. The van der Waals surface area contributed by atoms with Gasteiger partial charge in [-0.05, 0) is 24.8 Å². The highest BCUT2D eigenvalue weighted by atomic mass is 32.2. The third kappa shape index (κ3) is 6.59. The summed E-state index contributed by atoms with van der Waals surface area (Å²) in [5.41, 5.74) is 0.809. The average molecular weight is 311 g/mol. The molecule has 1 aromatic carbocycles. The second kappa shape index (κ2) is 8.51. The summed E-state index contributed by atoms with van der Waals surface area (Å²) in [7, 11) is -3.25. The minimum absolute atomic E-state index is 0.0390. The van der Waals surface area contributed by atoms with Crippen LogP contribution in [0.4, 0.5) is 0 Å². The molecule has 5 heteroatoms. The first-order valence-electron chi connectivity index (χ1n) is 7.78. The zero-order valence-corrected chi connectivity index (χ0v) is 13.3. The predicted octanol–water partition coefficient (Wildman–Crippen LogP) is 2.85. The summed E-state index contributed by atoms with van der Waals surface area (Å²) in [6, 6.07) is 9.23. The van der Waals surface area contributed by atoms with Gasteiger partial charge in [0, 0.05) is 13.2 Å². The number of benzene rings is 1. The van der Waals surface area contributed by atoms with E-state index in [1.54, 1.807) is 0 Å². The zero-order chi connectivity index (χ0) is 15.0. The summed E-state index contributed by atoms with van der Waals surface area (Å²) >= 11 is 0. The van der Waals surface area contributed by atoms with Crippen molar-refractivity contribution in [2.24, 2.45) is 0 Å². The minimum atomic E-state index is -3.25. The second-order valence-electron chi connectivity index (χ2n) is 5.62. The van der Waals surface area contributed by atoms with Gasteiger partial charge in [0.05, 0.1) is 11.9 Å². The maximum Gasteiger partial charge on any atom is 0.215 e. The van der Waals surface area contributed by atoms with Crippen molar-refractivity contribution in [3.8, 4) is 0 Å². The lowest BCUT2D eigenvalue weighted by atomic mass is 9.98. The van der Waals surface area contributed by atoms with Crippen LogP contribution >= 0.6 is 0 Å². The van der Waals surface area contributed by atoms with Crippen LogP contribution in [-0.4, -0.2) is 27.7 Å². The number of sulfonamides is 1. The van der Waals surface area contributed by atoms with Gasteiger partial charge in [-0.25, -0.2) is 13.1 Å². The van der Waals surface area contributed by atoms with Crippen molar-refractivity contribution in [3.63, 3.8) is 0 Å². The van der Waals surface area contributed by atoms with Gasteiger partial charge in [-0.3, -0.25) is 0 Å². The number of ether oxygens (including phenoxy) is 1. The Kier molecular flexibility index (Phi) is 6.67. The van der Waals surface area contributed by atoms with E-state index in [4.69, 9.17) is 4.74 Å². The maximum atomic E-state index is 11.9. The molecule has 0 spiro atoms. The Bertz CT molecular complexity index is 496. The number of rotatable bonds is 8. The van der Waals surface area contributed by atoms with Gasteiger partial charge < -0.3 is 4.74 Å².